The summed E-state index contributed by atoms with van der Waals surface area (Å²) >= 11 is 0. The molecule has 2 aromatic rings. The van der Waals surface area contributed by atoms with Crippen molar-refractivity contribution in [2.45, 2.75) is 13.2 Å². The van der Waals surface area contributed by atoms with Crippen LogP contribution < -0.4 is 10.1 Å². The number of para-hydroxylation sites is 1. The van der Waals surface area contributed by atoms with E-state index < -0.39 is 12.5 Å². The number of hydrogen-bond donors (Lipinski definition) is 2. The summed E-state index contributed by atoms with van der Waals surface area (Å²) in [6, 6.07) is 7.69. The second kappa shape index (κ2) is 5.99. The van der Waals surface area contributed by atoms with Crippen LogP contribution in [0.25, 0.3) is 0 Å². The van der Waals surface area contributed by atoms with Crippen LogP contribution in [0, 0.1) is 0 Å². The molecule has 19 heavy (non-hydrogen) atoms. The van der Waals surface area contributed by atoms with Crippen LogP contribution in [0.4, 0.5) is 8.78 Å². The van der Waals surface area contributed by atoms with Crippen molar-refractivity contribution in [1.82, 2.24) is 10.3 Å². The van der Waals surface area contributed by atoms with Gasteiger partial charge in [0.1, 0.15) is 5.75 Å². The fourth-order valence-corrected chi connectivity index (χ4v) is 1.60. The van der Waals surface area contributed by atoms with Crippen molar-refractivity contribution in [3.05, 3.63) is 53.9 Å². The normalized spacial score (nSPS) is 10.5. The largest absolute Gasteiger partial charge is 0.434 e. The Hall–Kier alpha value is -2.37. The minimum absolute atomic E-state index is 0.0818. The lowest BCUT2D eigenvalue weighted by Gasteiger charge is -2.10. The second-order valence-electron chi connectivity index (χ2n) is 3.78. The van der Waals surface area contributed by atoms with E-state index in [0.29, 0.717) is 6.54 Å². The summed E-state index contributed by atoms with van der Waals surface area (Å²) in [6.07, 6.45) is 3.47. The Balaban J connectivity index is 2.06. The Morgan fingerprint density at radius 2 is 2.11 bits per heavy atom. The van der Waals surface area contributed by atoms with Gasteiger partial charge in [0.15, 0.2) is 0 Å². The molecular formula is C13H12F2N2O2. The number of H-pyrrole nitrogens is 1. The molecule has 0 saturated heterocycles. The molecule has 2 N–H and O–H groups in total. The molecule has 0 aliphatic carbocycles. The molecule has 0 aliphatic heterocycles. The molecule has 0 unspecified atom stereocenters. The number of alkyl halides is 2. The molecule has 2 rings (SSSR count). The predicted octanol–water partition coefficient (Wildman–Crippen LogP) is 2.55. The van der Waals surface area contributed by atoms with Crippen LogP contribution in [-0.4, -0.2) is 17.5 Å². The van der Waals surface area contributed by atoms with Gasteiger partial charge in [0.2, 0.25) is 0 Å². The van der Waals surface area contributed by atoms with E-state index >= 15 is 0 Å². The molecule has 0 saturated carbocycles. The molecule has 6 heteroatoms. The average Bonchev–Trinajstić information content (AvgIpc) is 2.89. The summed E-state index contributed by atoms with van der Waals surface area (Å²) in [5.41, 5.74) is 0.971. The molecule has 1 aromatic heterocycles. The van der Waals surface area contributed by atoms with Crippen LogP contribution in [-0.2, 0) is 6.54 Å². The van der Waals surface area contributed by atoms with Crippen molar-refractivity contribution in [3.8, 4) is 5.75 Å². The zero-order chi connectivity index (χ0) is 13.7. The summed E-state index contributed by atoms with van der Waals surface area (Å²) in [5.74, 6) is -0.596. The highest BCUT2D eigenvalue weighted by Crippen LogP contribution is 2.20. The first-order chi connectivity index (χ1) is 9.16. The fraction of sp³-hybridized carbons (Fsp3) is 0.154. The molecule has 1 aromatic carbocycles. The Kier molecular flexibility index (Phi) is 4.12. The van der Waals surface area contributed by atoms with Gasteiger partial charge < -0.3 is 15.0 Å². The highest BCUT2D eigenvalue weighted by atomic mass is 19.3. The number of nitrogens with one attached hydrogen (secondary N) is 2. The zero-order valence-corrected chi connectivity index (χ0v) is 9.90. The van der Waals surface area contributed by atoms with Crippen LogP contribution in [0.5, 0.6) is 5.75 Å². The first kappa shape index (κ1) is 13.1. The molecule has 0 radical (unpaired) electrons. The van der Waals surface area contributed by atoms with Gasteiger partial charge in [0, 0.05) is 18.9 Å². The van der Waals surface area contributed by atoms with Crippen molar-refractivity contribution in [2.75, 3.05) is 0 Å². The van der Waals surface area contributed by atoms with Crippen LogP contribution in [0.15, 0.2) is 42.7 Å². The molecule has 0 fully saturated rings. The third kappa shape index (κ3) is 3.54. The van der Waals surface area contributed by atoms with E-state index in [1.54, 1.807) is 18.5 Å². The standard InChI is InChI=1S/C13H12F2N2O2/c14-13(15)19-11-4-2-1-3-10(11)12(18)17-8-9-5-6-16-7-9/h1-7,13,16H,8H2,(H,17,18). The predicted molar refractivity (Wildman–Crippen MR) is 65.0 cm³/mol. The number of ether oxygens (including phenoxy) is 1. The second-order valence-corrected chi connectivity index (χ2v) is 3.78. The Morgan fingerprint density at radius 3 is 2.79 bits per heavy atom. The first-order valence-corrected chi connectivity index (χ1v) is 5.60. The van der Waals surface area contributed by atoms with E-state index in [1.807, 2.05) is 6.07 Å². The maximum atomic E-state index is 12.2. The van der Waals surface area contributed by atoms with E-state index in [-0.39, 0.29) is 11.3 Å². The molecule has 0 bridgehead atoms. The molecule has 1 amide bonds. The van der Waals surface area contributed by atoms with Gasteiger partial charge in [-0.3, -0.25) is 4.79 Å². The Bertz CT molecular complexity index is 541. The van der Waals surface area contributed by atoms with Gasteiger partial charge in [0.25, 0.3) is 5.91 Å². The van der Waals surface area contributed by atoms with Crippen molar-refractivity contribution >= 4 is 5.91 Å². The summed E-state index contributed by atoms with van der Waals surface area (Å²) in [4.78, 5) is 14.8. The van der Waals surface area contributed by atoms with E-state index in [2.05, 4.69) is 15.0 Å². The highest BCUT2D eigenvalue weighted by molar-refractivity contribution is 5.96. The van der Waals surface area contributed by atoms with E-state index in [4.69, 9.17) is 0 Å². The zero-order valence-electron chi connectivity index (χ0n) is 9.90. The number of amides is 1. The SMILES string of the molecule is O=C(NCc1cc[nH]c1)c1ccccc1OC(F)F. The third-order valence-corrected chi connectivity index (χ3v) is 2.46. The lowest BCUT2D eigenvalue weighted by atomic mass is 10.2. The van der Waals surface area contributed by atoms with Crippen molar-refractivity contribution in [3.63, 3.8) is 0 Å². The fourth-order valence-electron chi connectivity index (χ4n) is 1.60. The van der Waals surface area contributed by atoms with Gasteiger partial charge >= 0.3 is 6.61 Å². The van der Waals surface area contributed by atoms with E-state index in [9.17, 15) is 13.6 Å². The average molecular weight is 266 g/mol. The maximum absolute atomic E-state index is 12.2. The molecule has 0 spiro atoms. The number of carbonyl (C=O) groups is 1. The smallest absolute Gasteiger partial charge is 0.387 e. The number of carbonyl (C=O) groups excluding carboxylic acids is 1. The van der Waals surface area contributed by atoms with Crippen LogP contribution in [0.1, 0.15) is 15.9 Å². The monoisotopic (exact) mass is 266 g/mol. The summed E-state index contributed by atoms with van der Waals surface area (Å²) < 4.78 is 28.7. The van der Waals surface area contributed by atoms with Crippen molar-refractivity contribution < 1.29 is 18.3 Å². The Morgan fingerprint density at radius 1 is 1.32 bits per heavy atom. The lowest BCUT2D eigenvalue weighted by molar-refractivity contribution is -0.0501. The molecule has 0 aliphatic rings. The number of benzene rings is 1. The van der Waals surface area contributed by atoms with Gasteiger partial charge in [-0.05, 0) is 23.8 Å². The quantitative estimate of drug-likeness (QED) is 0.873. The number of aromatic amines is 1. The summed E-state index contributed by atoms with van der Waals surface area (Å²) in [5, 5.41) is 2.63. The van der Waals surface area contributed by atoms with E-state index in [0.717, 1.165) is 5.56 Å². The number of aromatic nitrogens is 1. The number of rotatable bonds is 5. The molecule has 4 nitrogen and oxygen atoms in total. The van der Waals surface area contributed by atoms with Crippen LogP contribution in [0.2, 0.25) is 0 Å². The third-order valence-electron chi connectivity index (χ3n) is 2.46. The molecule has 100 valence electrons. The minimum atomic E-state index is -2.96. The van der Waals surface area contributed by atoms with Gasteiger partial charge in [0.05, 0.1) is 5.56 Å². The number of hydrogen-bond acceptors (Lipinski definition) is 2. The highest BCUT2D eigenvalue weighted by Gasteiger charge is 2.14. The summed E-state index contributed by atoms with van der Waals surface area (Å²) in [6.45, 7) is -2.65. The molecule has 0 atom stereocenters. The maximum Gasteiger partial charge on any atom is 0.387 e. The van der Waals surface area contributed by atoms with Crippen molar-refractivity contribution in [1.29, 1.82) is 0 Å². The van der Waals surface area contributed by atoms with Gasteiger partial charge in [-0.25, -0.2) is 0 Å². The summed E-state index contributed by atoms with van der Waals surface area (Å²) in [7, 11) is 0. The minimum Gasteiger partial charge on any atom is -0.434 e. The van der Waals surface area contributed by atoms with Crippen LogP contribution >= 0.6 is 0 Å². The Labute approximate surface area is 108 Å². The van der Waals surface area contributed by atoms with Gasteiger partial charge in [-0.1, -0.05) is 12.1 Å². The van der Waals surface area contributed by atoms with Gasteiger partial charge in [-0.15, -0.1) is 0 Å². The van der Waals surface area contributed by atoms with Gasteiger partial charge in [-0.2, -0.15) is 8.78 Å². The first-order valence-electron chi connectivity index (χ1n) is 5.60. The van der Waals surface area contributed by atoms with Crippen LogP contribution in [0.3, 0.4) is 0 Å². The topological polar surface area (TPSA) is 54.1 Å². The van der Waals surface area contributed by atoms with E-state index in [1.165, 1.54) is 18.2 Å². The lowest BCUT2D eigenvalue weighted by Crippen LogP contribution is -2.23. The molecule has 1 heterocycles. The van der Waals surface area contributed by atoms with Crippen molar-refractivity contribution in [2.24, 2.45) is 0 Å². The molecular weight excluding hydrogens is 254 g/mol. The number of halogens is 2.